The highest BCUT2D eigenvalue weighted by Gasteiger charge is 2.08. The quantitative estimate of drug-likeness (QED) is 0.776. The maximum Gasteiger partial charge on any atom is 0.145 e. The molecule has 0 heterocycles. The fraction of sp³-hybridized carbons (Fsp3) is 0.364. The van der Waals surface area contributed by atoms with E-state index >= 15 is 0 Å². The van der Waals surface area contributed by atoms with Crippen molar-refractivity contribution >= 4 is 17.2 Å². The predicted molar refractivity (Wildman–Crippen MR) is 62.8 cm³/mol. The summed E-state index contributed by atoms with van der Waals surface area (Å²) in [5.41, 5.74) is 7.82. The molecule has 0 amide bonds. The molecule has 1 rings (SSSR count). The predicted octanol–water partition coefficient (Wildman–Crippen LogP) is 2.36. The van der Waals surface area contributed by atoms with Crippen LogP contribution in [0.15, 0.2) is 18.2 Å². The fourth-order valence-corrected chi connectivity index (χ4v) is 1.15. The van der Waals surface area contributed by atoms with Gasteiger partial charge in [0.1, 0.15) is 16.8 Å². The first-order chi connectivity index (χ1) is 6.52. The topological polar surface area (TPSA) is 35.2 Å². The number of ether oxygens (including phenoxy) is 1. The number of nitrogens with two attached hydrogens (primary N) is 1. The van der Waals surface area contributed by atoms with Crippen LogP contribution >= 0.6 is 12.2 Å². The third kappa shape index (κ3) is 2.45. The van der Waals surface area contributed by atoms with E-state index in [4.69, 9.17) is 22.7 Å². The number of hydrogen-bond donors (Lipinski definition) is 1. The molecule has 0 radical (unpaired) electrons. The second-order valence-electron chi connectivity index (χ2n) is 3.36. The Kier molecular flexibility index (Phi) is 3.47. The van der Waals surface area contributed by atoms with Crippen molar-refractivity contribution in [2.75, 3.05) is 0 Å². The third-order valence-electron chi connectivity index (χ3n) is 2.26. The van der Waals surface area contributed by atoms with Crippen molar-refractivity contribution in [1.29, 1.82) is 0 Å². The van der Waals surface area contributed by atoms with Crippen LogP contribution in [0.5, 0.6) is 5.75 Å². The van der Waals surface area contributed by atoms with E-state index in [1.165, 1.54) is 5.56 Å². The third-order valence-corrected chi connectivity index (χ3v) is 2.59. The van der Waals surface area contributed by atoms with Crippen LogP contribution in [0, 0.1) is 13.8 Å². The molecule has 0 aromatic heterocycles. The Balaban J connectivity index is 2.87. The summed E-state index contributed by atoms with van der Waals surface area (Å²) in [6.45, 7) is 5.93. The molecule has 76 valence electrons. The molecule has 1 atom stereocenters. The average Bonchev–Trinajstić information content (AvgIpc) is 2.12. The Morgan fingerprint density at radius 1 is 1.43 bits per heavy atom. The molecule has 2 nitrogen and oxygen atoms in total. The Morgan fingerprint density at radius 3 is 2.64 bits per heavy atom. The monoisotopic (exact) mass is 209 g/mol. The van der Waals surface area contributed by atoms with Crippen molar-refractivity contribution in [3.63, 3.8) is 0 Å². The zero-order valence-corrected chi connectivity index (χ0v) is 9.52. The lowest BCUT2D eigenvalue weighted by molar-refractivity contribution is 0.286. The van der Waals surface area contributed by atoms with E-state index < -0.39 is 0 Å². The van der Waals surface area contributed by atoms with Crippen molar-refractivity contribution in [2.45, 2.75) is 26.9 Å². The van der Waals surface area contributed by atoms with Crippen LogP contribution in [0.2, 0.25) is 0 Å². The summed E-state index contributed by atoms with van der Waals surface area (Å²) in [7, 11) is 0. The molecule has 0 saturated heterocycles. The fourth-order valence-electron chi connectivity index (χ4n) is 1.10. The Hall–Kier alpha value is -1.09. The molecule has 0 aliphatic rings. The van der Waals surface area contributed by atoms with Crippen molar-refractivity contribution < 1.29 is 4.74 Å². The molecule has 1 aromatic rings. The minimum Gasteiger partial charge on any atom is -0.483 e. The van der Waals surface area contributed by atoms with E-state index in [9.17, 15) is 0 Å². The van der Waals surface area contributed by atoms with Gasteiger partial charge in [-0.25, -0.2) is 0 Å². The molecule has 3 heteroatoms. The normalized spacial score (nSPS) is 12.2. The maximum atomic E-state index is 5.62. The first-order valence-corrected chi connectivity index (χ1v) is 4.95. The zero-order chi connectivity index (χ0) is 10.7. The van der Waals surface area contributed by atoms with E-state index in [2.05, 4.69) is 0 Å². The molecule has 0 saturated carbocycles. The summed E-state index contributed by atoms with van der Waals surface area (Å²) in [6.07, 6.45) is -0.217. The van der Waals surface area contributed by atoms with E-state index in [0.717, 1.165) is 11.3 Å². The largest absolute Gasteiger partial charge is 0.483 e. The van der Waals surface area contributed by atoms with Crippen molar-refractivity contribution in [1.82, 2.24) is 0 Å². The molecule has 1 aromatic carbocycles. The van der Waals surface area contributed by atoms with Crippen LogP contribution in [0.1, 0.15) is 18.1 Å². The molecule has 2 N–H and O–H groups in total. The van der Waals surface area contributed by atoms with Gasteiger partial charge in [0, 0.05) is 0 Å². The maximum absolute atomic E-state index is 5.62. The zero-order valence-electron chi connectivity index (χ0n) is 8.70. The molecular formula is C11H15NOS. The van der Waals surface area contributed by atoms with E-state index in [0.29, 0.717) is 4.99 Å². The summed E-state index contributed by atoms with van der Waals surface area (Å²) < 4.78 is 5.62. The highest BCUT2D eigenvalue weighted by Crippen LogP contribution is 2.21. The van der Waals surface area contributed by atoms with Crippen LogP contribution in [-0.2, 0) is 0 Å². The molecule has 0 bridgehead atoms. The van der Waals surface area contributed by atoms with Gasteiger partial charge >= 0.3 is 0 Å². The molecule has 1 unspecified atom stereocenters. The number of rotatable bonds is 3. The second kappa shape index (κ2) is 4.42. The molecule has 0 fully saturated rings. The lowest BCUT2D eigenvalue weighted by Crippen LogP contribution is -2.29. The van der Waals surface area contributed by atoms with Crippen molar-refractivity contribution in [3.05, 3.63) is 29.3 Å². The number of benzene rings is 1. The highest BCUT2D eigenvalue weighted by molar-refractivity contribution is 7.80. The molecule has 0 spiro atoms. The minimum atomic E-state index is -0.217. The van der Waals surface area contributed by atoms with Crippen LogP contribution < -0.4 is 10.5 Å². The molecule has 0 aliphatic heterocycles. The number of aryl methyl sites for hydroxylation is 1. The Morgan fingerprint density at radius 2 is 2.07 bits per heavy atom. The van der Waals surface area contributed by atoms with Gasteiger partial charge in [-0.2, -0.15) is 0 Å². The van der Waals surface area contributed by atoms with Gasteiger partial charge in [0.15, 0.2) is 0 Å². The van der Waals surface area contributed by atoms with Gasteiger partial charge in [-0.1, -0.05) is 24.4 Å². The molecule has 0 aliphatic carbocycles. The van der Waals surface area contributed by atoms with Crippen LogP contribution in [0.4, 0.5) is 0 Å². The SMILES string of the molecule is Cc1cccc(OC(C)C(N)=S)c1C. The van der Waals surface area contributed by atoms with E-state index in [1.807, 2.05) is 39.0 Å². The first kappa shape index (κ1) is 11.0. The smallest absolute Gasteiger partial charge is 0.145 e. The van der Waals surface area contributed by atoms with Gasteiger partial charge in [-0.15, -0.1) is 0 Å². The Labute approximate surface area is 90.1 Å². The molecule has 14 heavy (non-hydrogen) atoms. The van der Waals surface area contributed by atoms with Gasteiger partial charge in [0.2, 0.25) is 0 Å². The molecular weight excluding hydrogens is 194 g/mol. The highest BCUT2D eigenvalue weighted by atomic mass is 32.1. The van der Waals surface area contributed by atoms with E-state index in [1.54, 1.807) is 0 Å². The van der Waals surface area contributed by atoms with Gasteiger partial charge in [-0.3, -0.25) is 0 Å². The van der Waals surface area contributed by atoms with Gasteiger partial charge in [0.05, 0.1) is 0 Å². The number of thiocarbonyl (C=S) groups is 1. The summed E-state index contributed by atoms with van der Waals surface area (Å²) in [5.74, 6) is 0.852. The Bertz CT molecular complexity index is 349. The van der Waals surface area contributed by atoms with Crippen LogP contribution in [0.3, 0.4) is 0 Å². The first-order valence-electron chi connectivity index (χ1n) is 4.54. The lowest BCUT2D eigenvalue weighted by atomic mass is 10.1. The van der Waals surface area contributed by atoms with Gasteiger partial charge in [0.25, 0.3) is 0 Å². The lowest BCUT2D eigenvalue weighted by Gasteiger charge is -2.15. The van der Waals surface area contributed by atoms with E-state index in [-0.39, 0.29) is 6.10 Å². The average molecular weight is 209 g/mol. The van der Waals surface area contributed by atoms with Crippen LogP contribution in [-0.4, -0.2) is 11.1 Å². The van der Waals surface area contributed by atoms with Crippen molar-refractivity contribution in [3.8, 4) is 5.75 Å². The second-order valence-corrected chi connectivity index (χ2v) is 3.83. The summed E-state index contributed by atoms with van der Waals surface area (Å²) >= 11 is 4.85. The summed E-state index contributed by atoms with van der Waals surface area (Å²) in [6, 6.07) is 5.94. The van der Waals surface area contributed by atoms with Gasteiger partial charge in [-0.05, 0) is 38.0 Å². The summed E-state index contributed by atoms with van der Waals surface area (Å²) in [5, 5.41) is 0. The van der Waals surface area contributed by atoms with Crippen LogP contribution in [0.25, 0.3) is 0 Å². The van der Waals surface area contributed by atoms with Gasteiger partial charge < -0.3 is 10.5 Å². The van der Waals surface area contributed by atoms with Crippen molar-refractivity contribution in [2.24, 2.45) is 5.73 Å². The summed E-state index contributed by atoms with van der Waals surface area (Å²) in [4.78, 5) is 0.380. The minimum absolute atomic E-state index is 0.217. The number of hydrogen-bond acceptors (Lipinski definition) is 2. The standard InChI is InChI=1S/C11H15NOS/c1-7-5-4-6-10(8(7)2)13-9(3)11(12)14/h4-6,9H,1-3H3,(H2,12,14).